The number of hydrogen-bond donors (Lipinski definition) is 1. The highest BCUT2D eigenvalue weighted by molar-refractivity contribution is 6.00. The lowest BCUT2D eigenvalue weighted by Gasteiger charge is -2.38. The first kappa shape index (κ1) is 20.0. The molecule has 1 aromatic heterocycles. The molecule has 1 aliphatic heterocycles. The van der Waals surface area contributed by atoms with Crippen molar-refractivity contribution in [3.05, 3.63) is 70.9 Å². The number of carbonyl (C=O) groups is 1. The van der Waals surface area contributed by atoms with E-state index in [0.717, 1.165) is 34.6 Å². The van der Waals surface area contributed by atoms with Gasteiger partial charge in [0, 0.05) is 23.3 Å². The average molecular weight is 425 g/mol. The van der Waals surface area contributed by atoms with Crippen molar-refractivity contribution in [2.75, 3.05) is 12.4 Å². The van der Waals surface area contributed by atoms with Gasteiger partial charge in [-0.1, -0.05) is 38.1 Å². The quantitative estimate of drug-likeness (QED) is 0.665. The molecule has 0 radical (unpaired) electrons. The minimum Gasteiger partial charge on any atom is -0.497 e. The first-order chi connectivity index (χ1) is 15.4. The second-order valence-electron chi connectivity index (χ2n) is 9.03. The minimum absolute atomic E-state index is 0.113. The van der Waals surface area contributed by atoms with Crippen molar-refractivity contribution in [1.29, 1.82) is 5.26 Å². The number of methoxy groups -OCH3 is 1. The molecule has 7 nitrogen and oxygen atoms in total. The number of nitrogens with zero attached hydrogens (tertiary/aromatic N) is 4. The first-order valence-electron chi connectivity index (χ1n) is 10.5. The van der Waals surface area contributed by atoms with Crippen LogP contribution in [0.1, 0.15) is 43.9 Å². The summed E-state index contributed by atoms with van der Waals surface area (Å²) in [5.41, 5.74) is 3.80. The second-order valence-corrected chi connectivity index (χ2v) is 9.03. The van der Waals surface area contributed by atoms with Crippen LogP contribution in [0.3, 0.4) is 0 Å². The van der Waals surface area contributed by atoms with E-state index in [-0.39, 0.29) is 11.2 Å². The number of rotatable bonds is 3. The molecule has 7 heteroatoms. The lowest BCUT2D eigenvalue weighted by atomic mass is 9.73. The van der Waals surface area contributed by atoms with Crippen LogP contribution in [0.4, 0.5) is 5.95 Å². The minimum atomic E-state index is -0.399. The molecule has 0 saturated carbocycles. The van der Waals surface area contributed by atoms with Crippen LogP contribution >= 0.6 is 0 Å². The van der Waals surface area contributed by atoms with Gasteiger partial charge in [-0.05, 0) is 41.7 Å². The molecule has 0 amide bonds. The third kappa shape index (κ3) is 3.34. The normalized spacial score (nSPS) is 18.9. The summed E-state index contributed by atoms with van der Waals surface area (Å²) in [4.78, 5) is 18.0. The molecule has 0 spiro atoms. The Bertz CT molecular complexity index is 1290. The van der Waals surface area contributed by atoms with Gasteiger partial charge in [-0.3, -0.25) is 4.79 Å². The molecule has 160 valence electrons. The summed E-state index contributed by atoms with van der Waals surface area (Å²) < 4.78 is 7.13. The number of Topliss-reactive ketones (excluding diaryl/α,β-unsaturated/α-hetero) is 1. The summed E-state index contributed by atoms with van der Waals surface area (Å²) in [7, 11) is 1.62. The van der Waals surface area contributed by atoms with Crippen LogP contribution in [0.15, 0.2) is 59.8 Å². The molecule has 1 atom stereocenters. The van der Waals surface area contributed by atoms with E-state index in [9.17, 15) is 10.1 Å². The summed E-state index contributed by atoms with van der Waals surface area (Å²) in [5, 5.41) is 17.4. The number of allylic oxidation sites excluding steroid dienone is 2. The molecule has 2 aromatic carbocycles. The van der Waals surface area contributed by atoms with Crippen LogP contribution in [0.2, 0.25) is 0 Å². The van der Waals surface area contributed by atoms with Gasteiger partial charge in [0.25, 0.3) is 0 Å². The van der Waals surface area contributed by atoms with Gasteiger partial charge in [0.2, 0.25) is 5.95 Å². The molecule has 5 rings (SSSR count). The summed E-state index contributed by atoms with van der Waals surface area (Å²) in [6.07, 6.45) is 1.23. The topological polar surface area (TPSA) is 92.8 Å². The second kappa shape index (κ2) is 7.34. The van der Waals surface area contributed by atoms with Crippen molar-refractivity contribution in [3.63, 3.8) is 0 Å². The van der Waals surface area contributed by atoms with Gasteiger partial charge in [0.15, 0.2) is 11.6 Å². The number of ketones is 1. The lowest BCUT2D eigenvalue weighted by Crippen LogP contribution is -2.36. The van der Waals surface area contributed by atoms with Crippen molar-refractivity contribution < 1.29 is 9.53 Å². The van der Waals surface area contributed by atoms with Crippen molar-refractivity contribution >= 4 is 11.7 Å². The third-order valence-electron chi connectivity index (χ3n) is 6.02. The number of benzene rings is 2. The Kier molecular flexibility index (Phi) is 4.59. The van der Waals surface area contributed by atoms with E-state index in [1.54, 1.807) is 23.9 Å². The number of anilines is 1. The summed E-state index contributed by atoms with van der Waals surface area (Å²) >= 11 is 0. The van der Waals surface area contributed by atoms with Gasteiger partial charge in [-0.25, -0.2) is 4.68 Å². The summed E-state index contributed by atoms with van der Waals surface area (Å²) in [5.74, 6) is 1.99. The zero-order valence-corrected chi connectivity index (χ0v) is 18.2. The monoisotopic (exact) mass is 425 g/mol. The van der Waals surface area contributed by atoms with Crippen molar-refractivity contribution in [1.82, 2.24) is 14.8 Å². The standard InChI is InChI=1S/C25H23N5O2/c1-25(2)12-19-21(20(31)13-25)22(16-9-7-15(14-26)8-10-16)30-24(27-19)28-23(29-30)17-5-4-6-18(11-17)32-3/h4-11,22H,12-13H2,1-3H3,(H,27,28,29). The highest BCUT2D eigenvalue weighted by Gasteiger charge is 2.41. The fraction of sp³-hybridized carbons (Fsp3) is 0.280. The Hall–Kier alpha value is -3.92. The van der Waals surface area contributed by atoms with Crippen LogP contribution in [0, 0.1) is 16.7 Å². The number of nitrogens with one attached hydrogen (secondary N) is 1. The number of ether oxygens (including phenoxy) is 1. The number of nitriles is 1. The van der Waals surface area contributed by atoms with Gasteiger partial charge in [-0.15, -0.1) is 5.10 Å². The van der Waals surface area contributed by atoms with E-state index >= 15 is 0 Å². The van der Waals surface area contributed by atoms with Crippen LogP contribution in [-0.4, -0.2) is 27.7 Å². The SMILES string of the molecule is COc1cccc(-c2nc3n(n2)C(c2ccc(C#N)cc2)C2=C(CC(C)(C)CC2=O)N3)c1. The molecule has 2 heterocycles. The van der Waals surface area contributed by atoms with Gasteiger partial charge in [0.05, 0.1) is 18.7 Å². The number of aromatic nitrogens is 3. The zero-order valence-electron chi connectivity index (χ0n) is 18.2. The number of fused-ring (bicyclic) bond motifs is 1. The highest BCUT2D eigenvalue weighted by atomic mass is 16.5. The number of hydrogen-bond acceptors (Lipinski definition) is 6. The average Bonchev–Trinajstić information content (AvgIpc) is 3.21. The van der Waals surface area contributed by atoms with Gasteiger partial charge < -0.3 is 10.1 Å². The highest BCUT2D eigenvalue weighted by Crippen LogP contribution is 2.45. The smallest absolute Gasteiger partial charge is 0.226 e. The third-order valence-corrected chi connectivity index (χ3v) is 6.02. The van der Waals surface area contributed by atoms with Crippen molar-refractivity contribution in [2.45, 2.75) is 32.7 Å². The Labute approximate surface area is 186 Å². The summed E-state index contributed by atoms with van der Waals surface area (Å²) in [6.45, 7) is 4.21. The fourth-order valence-electron chi connectivity index (χ4n) is 4.54. The van der Waals surface area contributed by atoms with Crippen LogP contribution < -0.4 is 10.1 Å². The molecule has 1 aliphatic carbocycles. The molecular weight excluding hydrogens is 402 g/mol. The van der Waals surface area contributed by atoms with Crippen LogP contribution in [0.25, 0.3) is 11.4 Å². The molecule has 0 bridgehead atoms. The number of carbonyl (C=O) groups excluding carboxylic acids is 1. The molecule has 1 N–H and O–H groups in total. The van der Waals surface area contributed by atoms with E-state index in [0.29, 0.717) is 23.8 Å². The zero-order chi connectivity index (χ0) is 22.5. The fourth-order valence-corrected chi connectivity index (χ4v) is 4.54. The van der Waals surface area contributed by atoms with Gasteiger partial charge >= 0.3 is 0 Å². The molecule has 1 unspecified atom stereocenters. The van der Waals surface area contributed by atoms with Crippen molar-refractivity contribution in [3.8, 4) is 23.2 Å². The Balaban J connectivity index is 1.66. The maximum absolute atomic E-state index is 13.3. The maximum Gasteiger partial charge on any atom is 0.226 e. The molecule has 3 aromatic rings. The molecule has 2 aliphatic rings. The summed E-state index contributed by atoms with van der Waals surface area (Å²) in [6, 6.07) is 16.7. The predicted octanol–water partition coefficient (Wildman–Crippen LogP) is 4.48. The van der Waals surface area contributed by atoms with Crippen molar-refractivity contribution in [2.24, 2.45) is 5.41 Å². The van der Waals surface area contributed by atoms with Crippen LogP contribution in [0.5, 0.6) is 5.75 Å². The van der Waals surface area contributed by atoms with E-state index in [4.69, 9.17) is 14.8 Å². The van der Waals surface area contributed by atoms with Gasteiger partial charge in [-0.2, -0.15) is 10.2 Å². The Morgan fingerprint density at radius 3 is 2.69 bits per heavy atom. The largest absolute Gasteiger partial charge is 0.497 e. The predicted molar refractivity (Wildman–Crippen MR) is 120 cm³/mol. The Morgan fingerprint density at radius 1 is 1.19 bits per heavy atom. The molecular formula is C25H23N5O2. The van der Waals surface area contributed by atoms with E-state index in [1.807, 2.05) is 36.4 Å². The van der Waals surface area contributed by atoms with Gasteiger partial charge in [0.1, 0.15) is 11.8 Å². The lowest BCUT2D eigenvalue weighted by molar-refractivity contribution is -0.118. The van der Waals surface area contributed by atoms with E-state index in [1.165, 1.54) is 0 Å². The van der Waals surface area contributed by atoms with E-state index in [2.05, 4.69) is 25.2 Å². The molecule has 0 fully saturated rings. The van der Waals surface area contributed by atoms with E-state index < -0.39 is 6.04 Å². The molecule has 32 heavy (non-hydrogen) atoms. The Morgan fingerprint density at radius 2 is 1.97 bits per heavy atom. The molecule has 0 saturated heterocycles. The van der Waals surface area contributed by atoms with Crippen LogP contribution in [-0.2, 0) is 4.79 Å². The maximum atomic E-state index is 13.3. The first-order valence-corrected chi connectivity index (χ1v) is 10.5.